The first-order chi connectivity index (χ1) is 12.3. The van der Waals surface area contributed by atoms with Gasteiger partial charge in [-0.3, -0.25) is 4.79 Å². The Hall–Kier alpha value is -3.05. The van der Waals surface area contributed by atoms with Crippen LogP contribution in [-0.2, 0) is 0 Å². The van der Waals surface area contributed by atoms with Crippen molar-refractivity contribution >= 4 is 34.4 Å². The maximum Gasteiger partial charge on any atom is 0.235 e. The minimum absolute atomic E-state index is 0.00721. The Morgan fingerprint density at radius 2 is 1.92 bits per heavy atom. The van der Waals surface area contributed by atoms with Crippen molar-refractivity contribution < 1.29 is 19.7 Å². The van der Waals surface area contributed by atoms with E-state index >= 15 is 0 Å². The number of carbonyl (C=O) groups is 1. The summed E-state index contributed by atoms with van der Waals surface area (Å²) in [6.07, 6.45) is 1.49. The van der Waals surface area contributed by atoms with E-state index in [0.717, 1.165) is 28.1 Å². The van der Waals surface area contributed by atoms with Crippen molar-refractivity contribution in [1.29, 1.82) is 0 Å². The molecule has 5 nitrogen and oxygen atoms in total. The molecule has 1 aromatic heterocycles. The van der Waals surface area contributed by atoms with Crippen molar-refractivity contribution in [3.8, 4) is 17.2 Å². The van der Waals surface area contributed by atoms with Crippen LogP contribution in [0.4, 0.5) is 0 Å². The first-order valence-corrected chi connectivity index (χ1v) is 8.29. The number of phenols is 2. The largest absolute Gasteiger partial charge is 0.508 e. The number of aromatic nitrogens is 1. The number of hydrogen-bond acceptors (Lipinski definition) is 5. The van der Waals surface area contributed by atoms with Crippen LogP contribution in [0.3, 0.4) is 0 Å². The van der Waals surface area contributed by atoms with E-state index in [0.29, 0.717) is 5.56 Å². The van der Waals surface area contributed by atoms with Crippen LogP contribution in [0, 0.1) is 13.8 Å². The van der Waals surface area contributed by atoms with E-state index in [2.05, 4.69) is 4.98 Å². The van der Waals surface area contributed by atoms with Crippen molar-refractivity contribution in [3.05, 3.63) is 63.5 Å². The predicted octanol–water partition coefficient (Wildman–Crippen LogP) is 4.53. The molecule has 1 aliphatic heterocycles. The summed E-state index contributed by atoms with van der Waals surface area (Å²) in [6, 6.07) is 8.15. The van der Waals surface area contributed by atoms with Crippen LogP contribution >= 0.6 is 11.6 Å². The summed E-state index contributed by atoms with van der Waals surface area (Å²) in [6.45, 7) is 3.99. The van der Waals surface area contributed by atoms with E-state index in [-0.39, 0.29) is 33.7 Å². The second-order valence-corrected chi connectivity index (χ2v) is 6.58. The SMILES string of the molecule is Cc1ccc2cc(/C=C3\Oc4cc(O)cc(O)c4C3=O)c(Cl)nc2c1C. The second-order valence-electron chi connectivity index (χ2n) is 6.23. The zero-order valence-electron chi connectivity index (χ0n) is 14.0. The summed E-state index contributed by atoms with van der Waals surface area (Å²) < 4.78 is 5.50. The number of nitrogens with zero attached hydrogens (tertiary/aromatic N) is 1. The summed E-state index contributed by atoms with van der Waals surface area (Å²) in [4.78, 5) is 17.0. The molecular formula is C20H14ClNO4. The van der Waals surface area contributed by atoms with Crippen molar-refractivity contribution in [3.63, 3.8) is 0 Å². The molecule has 0 amide bonds. The fraction of sp³-hybridized carbons (Fsp3) is 0.100. The summed E-state index contributed by atoms with van der Waals surface area (Å²) in [7, 11) is 0. The van der Waals surface area contributed by atoms with Gasteiger partial charge in [-0.1, -0.05) is 23.7 Å². The van der Waals surface area contributed by atoms with Gasteiger partial charge in [-0.15, -0.1) is 0 Å². The number of aryl methyl sites for hydroxylation is 2. The average Bonchev–Trinajstić information content (AvgIpc) is 2.88. The topological polar surface area (TPSA) is 79.6 Å². The van der Waals surface area contributed by atoms with E-state index in [1.807, 2.05) is 32.0 Å². The lowest BCUT2D eigenvalue weighted by Crippen LogP contribution is -1.99. The van der Waals surface area contributed by atoms with Gasteiger partial charge in [-0.2, -0.15) is 0 Å². The van der Waals surface area contributed by atoms with Gasteiger partial charge in [0, 0.05) is 23.1 Å². The first kappa shape index (κ1) is 16.4. The molecule has 2 aromatic carbocycles. The number of rotatable bonds is 1. The number of carbonyl (C=O) groups excluding carboxylic acids is 1. The molecule has 0 radical (unpaired) electrons. The third kappa shape index (κ3) is 2.48. The van der Waals surface area contributed by atoms with Gasteiger partial charge in [-0.05, 0) is 37.1 Å². The highest BCUT2D eigenvalue weighted by molar-refractivity contribution is 6.31. The lowest BCUT2D eigenvalue weighted by Gasteiger charge is -2.08. The highest BCUT2D eigenvalue weighted by Crippen LogP contribution is 2.41. The maximum atomic E-state index is 12.5. The molecule has 0 atom stereocenters. The number of ketones is 1. The van der Waals surface area contributed by atoms with Crippen LogP contribution in [0.25, 0.3) is 17.0 Å². The molecule has 0 saturated carbocycles. The van der Waals surface area contributed by atoms with Gasteiger partial charge in [0.25, 0.3) is 0 Å². The monoisotopic (exact) mass is 367 g/mol. The Kier molecular flexibility index (Phi) is 3.63. The van der Waals surface area contributed by atoms with Crippen molar-refractivity contribution in [1.82, 2.24) is 4.98 Å². The van der Waals surface area contributed by atoms with E-state index in [4.69, 9.17) is 16.3 Å². The molecule has 2 heterocycles. The van der Waals surface area contributed by atoms with Crippen LogP contribution in [0.15, 0.2) is 36.1 Å². The van der Waals surface area contributed by atoms with Crippen LogP contribution < -0.4 is 4.74 Å². The number of benzene rings is 2. The van der Waals surface area contributed by atoms with Gasteiger partial charge in [0.1, 0.15) is 28.0 Å². The molecule has 6 heteroatoms. The number of pyridine rings is 1. The molecule has 0 saturated heterocycles. The lowest BCUT2D eigenvalue weighted by molar-refractivity contribution is 0.101. The standard InChI is InChI=1S/C20H14ClNO4/c1-9-3-4-11-5-12(20(21)22-18(11)10(9)2)6-16-19(25)17-14(24)7-13(23)8-15(17)26-16/h3-8,23-24H,1-2H3/b16-6-. The fourth-order valence-electron chi connectivity index (χ4n) is 3.00. The van der Waals surface area contributed by atoms with Gasteiger partial charge in [0.05, 0.1) is 5.52 Å². The van der Waals surface area contributed by atoms with Crippen molar-refractivity contribution in [2.24, 2.45) is 0 Å². The average molecular weight is 368 g/mol. The van der Waals surface area contributed by atoms with Crippen molar-refractivity contribution in [2.45, 2.75) is 13.8 Å². The van der Waals surface area contributed by atoms with Crippen LogP contribution in [0.1, 0.15) is 27.0 Å². The highest BCUT2D eigenvalue weighted by atomic mass is 35.5. The van der Waals surface area contributed by atoms with Gasteiger partial charge in [-0.25, -0.2) is 4.98 Å². The van der Waals surface area contributed by atoms with E-state index in [1.165, 1.54) is 12.1 Å². The highest BCUT2D eigenvalue weighted by Gasteiger charge is 2.31. The second kappa shape index (κ2) is 5.75. The number of Topliss-reactive ketones (excluding diaryl/α,β-unsaturated/α-hetero) is 1. The van der Waals surface area contributed by atoms with Crippen LogP contribution in [0.2, 0.25) is 5.15 Å². The number of aromatic hydroxyl groups is 2. The predicted molar refractivity (Wildman–Crippen MR) is 98.9 cm³/mol. The smallest absolute Gasteiger partial charge is 0.235 e. The number of allylic oxidation sites excluding steroid dienone is 1. The lowest BCUT2D eigenvalue weighted by atomic mass is 10.0. The third-order valence-electron chi connectivity index (χ3n) is 4.52. The Morgan fingerprint density at radius 3 is 2.69 bits per heavy atom. The normalized spacial score (nSPS) is 14.7. The molecule has 0 fully saturated rings. The minimum atomic E-state index is -0.478. The molecule has 2 N–H and O–H groups in total. The van der Waals surface area contributed by atoms with Gasteiger partial charge in [0.15, 0.2) is 5.76 Å². The Morgan fingerprint density at radius 1 is 1.15 bits per heavy atom. The number of halogens is 1. The molecule has 26 heavy (non-hydrogen) atoms. The molecule has 3 aromatic rings. The molecule has 130 valence electrons. The third-order valence-corrected chi connectivity index (χ3v) is 4.82. The summed E-state index contributed by atoms with van der Waals surface area (Å²) in [5.41, 5.74) is 3.52. The number of fused-ring (bicyclic) bond motifs is 2. The minimum Gasteiger partial charge on any atom is -0.508 e. The van der Waals surface area contributed by atoms with E-state index in [9.17, 15) is 15.0 Å². The molecule has 1 aliphatic rings. The molecule has 0 bridgehead atoms. The Bertz CT molecular complexity index is 1130. The molecule has 4 rings (SSSR count). The maximum absolute atomic E-state index is 12.5. The van der Waals surface area contributed by atoms with E-state index < -0.39 is 5.78 Å². The van der Waals surface area contributed by atoms with Gasteiger partial charge < -0.3 is 14.9 Å². The van der Waals surface area contributed by atoms with Crippen LogP contribution in [-0.4, -0.2) is 21.0 Å². The van der Waals surface area contributed by atoms with Crippen molar-refractivity contribution in [2.75, 3.05) is 0 Å². The zero-order valence-corrected chi connectivity index (χ0v) is 14.8. The molecule has 0 aliphatic carbocycles. The fourth-order valence-corrected chi connectivity index (χ4v) is 3.19. The zero-order chi connectivity index (χ0) is 18.6. The van der Waals surface area contributed by atoms with E-state index in [1.54, 1.807) is 0 Å². The molecular weight excluding hydrogens is 354 g/mol. The quantitative estimate of drug-likeness (QED) is 0.488. The first-order valence-electron chi connectivity index (χ1n) is 7.92. The molecule has 0 unspecified atom stereocenters. The number of hydrogen-bond donors (Lipinski definition) is 2. The summed E-state index contributed by atoms with van der Waals surface area (Å²) in [5.74, 6) is -0.884. The van der Waals surface area contributed by atoms with Crippen LogP contribution in [0.5, 0.6) is 17.2 Å². The van der Waals surface area contributed by atoms with Gasteiger partial charge in [0.2, 0.25) is 5.78 Å². The number of phenolic OH excluding ortho intramolecular Hbond substituents is 2. The summed E-state index contributed by atoms with van der Waals surface area (Å²) in [5, 5.41) is 20.6. The Labute approximate surface area is 154 Å². The number of ether oxygens (including phenoxy) is 1. The summed E-state index contributed by atoms with van der Waals surface area (Å²) >= 11 is 6.31. The van der Waals surface area contributed by atoms with Gasteiger partial charge >= 0.3 is 0 Å². The molecule has 0 spiro atoms. The Balaban J connectivity index is 1.82.